The van der Waals surface area contributed by atoms with Gasteiger partial charge < -0.3 is 0 Å². The summed E-state index contributed by atoms with van der Waals surface area (Å²) in [6.45, 7) is 6.34. The van der Waals surface area contributed by atoms with Crippen molar-refractivity contribution in [3.05, 3.63) is 17.0 Å². The molecule has 1 aliphatic carbocycles. The second-order valence-electron chi connectivity index (χ2n) is 5.31. The summed E-state index contributed by atoms with van der Waals surface area (Å²) in [5.41, 5.74) is -1.26. The normalized spacial score (nSPS) is 19.2. The monoisotopic (exact) mass is 308 g/mol. The van der Waals surface area contributed by atoms with E-state index in [-0.39, 0.29) is 12.0 Å². The van der Waals surface area contributed by atoms with E-state index in [9.17, 15) is 22.4 Å². The summed E-state index contributed by atoms with van der Waals surface area (Å²) in [4.78, 5) is 11.0. The standard InChI is InChI=1S/C11H12F4N2O.C3H8/c1-5-3-7-8(10(12)13)16-17(4-6(2)18)9(7)11(5,14)15;1-3-2/h5,10H,3-4H2,1-2H3;3H2,1-2H3. The molecule has 0 radical (unpaired) electrons. The quantitative estimate of drug-likeness (QED) is 0.788. The molecule has 120 valence electrons. The number of hydrogen-bond acceptors (Lipinski definition) is 2. The number of nitrogens with zero attached hydrogens (tertiary/aromatic N) is 2. The van der Waals surface area contributed by atoms with Gasteiger partial charge in [-0.2, -0.15) is 13.9 Å². The highest BCUT2D eigenvalue weighted by molar-refractivity contribution is 5.75. The van der Waals surface area contributed by atoms with Crippen molar-refractivity contribution < 1.29 is 22.4 Å². The van der Waals surface area contributed by atoms with Gasteiger partial charge in [0.2, 0.25) is 0 Å². The van der Waals surface area contributed by atoms with E-state index in [0.717, 1.165) is 4.68 Å². The second-order valence-corrected chi connectivity index (χ2v) is 5.31. The molecule has 7 heteroatoms. The Hall–Kier alpha value is -1.40. The molecule has 0 aromatic carbocycles. The van der Waals surface area contributed by atoms with E-state index in [2.05, 4.69) is 18.9 Å². The van der Waals surface area contributed by atoms with Crippen LogP contribution in [0.25, 0.3) is 0 Å². The van der Waals surface area contributed by atoms with Crippen molar-refractivity contribution in [2.75, 3.05) is 0 Å². The maximum Gasteiger partial charge on any atom is 0.292 e. The van der Waals surface area contributed by atoms with Gasteiger partial charge in [-0.3, -0.25) is 9.48 Å². The van der Waals surface area contributed by atoms with Crippen LogP contribution in [-0.4, -0.2) is 15.6 Å². The van der Waals surface area contributed by atoms with Gasteiger partial charge in [0.25, 0.3) is 12.3 Å². The van der Waals surface area contributed by atoms with Crippen molar-refractivity contribution in [2.24, 2.45) is 5.92 Å². The molecule has 1 aromatic heterocycles. The average Bonchev–Trinajstić information content (AvgIpc) is 2.78. The van der Waals surface area contributed by atoms with E-state index in [0.29, 0.717) is 0 Å². The Kier molecular flexibility index (Phi) is 5.53. The maximum absolute atomic E-state index is 13.9. The molecule has 0 aliphatic heterocycles. The summed E-state index contributed by atoms with van der Waals surface area (Å²) in [6.07, 6.45) is -1.80. The third-order valence-electron chi connectivity index (χ3n) is 3.11. The molecule has 0 saturated carbocycles. The summed E-state index contributed by atoms with van der Waals surface area (Å²) in [5, 5.41) is 3.47. The van der Waals surface area contributed by atoms with Crippen LogP contribution < -0.4 is 0 Å². The Morgan fingerprint density at radius 2 is 1.95 bits per heavy atom. The van der Waals surface area contributed by atoms with Crippen LogP contribution in [-0.2, 0) is 23.7 Å². The van der Waals surface area contributed by atoms with Gasteiger partial charge in [0, 0.05) is 11.5 Å². The molecule has 1 unspecified atom stereocenters. The first-order valence-corrected chi connectivity index (χ1v) is 6.92. The number of carbonyl (C=O) groups excluding carboxylic acids is 1. The second kappa shape index (κ2) is 6.58. The molecule has 2 rings (SSSR count). The van der Waals surface area contributed by atoms with Crippen LogP contribution in [0, 0.1) is 5.92 Å². The lowest BCUT2D eigenvalue weighted by molar-refractivity contribution is -0.118. The minimum atomic E-state index is -3.22. The summed E-state index contributed by atoms with van der Waals surface area (Å²) in [6, 6.07) is 0. The molecule has 0 amide bonds. The van der Waals surface area contributed by atoms with Crippen molar-refractivity contribution in [3.63, 3.8) is 0 Å². The number of halogens is 4. The summed E-state index contributed by atoms with van der Waals surface area (Å²) in [5.74, 6) is -4.68. The van der Waals surface area contributed by atoms with E-state index >= 15 is 0 Å². The number of carbonyl (C=O) groups is 1. The Morgan fingerprint density at radius 1 is 1.43 bits per heavy atom. The summed E-state index contributed by atoms with van der Waals surface area (Å²) < 4.78 is 54.0. The lowest BCUT2D eigenvalue weighted by atomic mass is 10.1. The highest BCUT2D eigenvalue weighted by Gasteiger charge is 2.51. The van der Waals surface area contributed by atoms with E-state index in [1.54, 1.807) is 0 Å². The van der Waals surface area contributed by atoms with Crippen molar-refractivity contribution >= 4 is 5.78 Å². The summed E-state index contributed by atoms with van der Waals surface area (Å²) in [7, 11) is 0. The molecule has 1 aliphatic rings. The fourth-order valence-corrected chi connectivity index (χ4v) is 2.26. The van der Waals surface area contributed by atoms with Gasteiger partial charge in [-0.25, -0.2) is 8.78 Å². The minimum Gasteiger partial charge on any atom is -0.298 e. The van der Waals surface area contributed by atoms with E-state index in [1.807, 2.05) is 0 Å². The van der Waals surface area contributed by atoms with Gasteiger partial charge in [0.15, 0.2) is 5.78 Å². The van der Waals surface area contributed by atoms with Gasteiger partial charge in [0.1, 0.15) is 11.4 Å². The maximum atomic E-state index is 13.9. The van der Waals surface area contributed by atoms with Crippen LogP contribution in [0.1, 0.15) is 57.5 Å². The van der Waals surface area contributed by atoms with Crippen LogP contribution >= 0.6 is 0 Å². The SMILES string of the molecule is CC(=O)Cn1nc(C(F)F)c2c1C(F)(F)C(C)C2.CCC. The van der Waals surface area contributed by atoms with E-state index < -0.39 is 42.0 Å². The molecule has 0 bridgehead atoms. The first-order chi connectivity index (χ1) is 9.66. The molecule has 0 N–H and O–H groups in total. The van der Waals surface area contributed by atoms with Crippen LogP contribution in [0.15, 0.2) is 0 Å². The lowest BCUT2D eigenvalue weighted by Gasteiger charge is -2.17. The fourth-order valence-electron chi connectivity index (χ4n) is 2.26. The van der Waals surface area contributed by atoms with E-state index in [1.165, 1.54) is 20.3 Å². The number of rotatable bonds is 3. The number of alkyl halides is 4. The number of hydrogen-bond donors (Lipinski definition) is 0. The van der Waals surface area contributed by atoms with Crippen molar-refractivity contribution in [1.82, 2.24) is 9.78 Å². The van der Waals surface area contributed by atoms with Crippen LogP contribution in [0.5, 0.6) is 0 Å². The Balaban J connectivity index is 0.000000677. The average molecular weight is 308 g/mol. The number of Topliss-reactive ketones (excluding diaryl/α,β-unsaturated/α-hetero) is 1. The largest absolute Gasteiger partial charge is 0.298 e. The zero-order valence-corrected chi connectivity index (χ0v) is 12.6. The minimum absolute atomic E-state index is 0.108. The molecular formula is C14H20F4N2O. The van der Waals surface area contributed by atoms with Crippen LogP contribution in [0.3, 0.4) is 0 Å². The zero-order valence-electron chi connectivity index (χ0n) is 12.6. The highest BCUT2D eigenvalue weighted by atomic mass is 19.3. The van der Waals surface area contributed by atoms with Gasteiger partial charge in [0.05, 0.1) is 6.54 Å². The molecule has 0 saturated heterocycles. The molecular weight excluding hydrogens is 288 g/mol. The van der Waals surface area contributed by atoms with Crippen molar-refractivity contribution in [3.8, 4) is 0 Å². The van der Waals surface area contributed by atoms with Gasteiger partial charge >= 0.3 is 0 Å². The Bertz CT molecular complexity index is 511. The molecule has 0 spiro atoms. The molecule has 1 atom stereocenters. The van der Waals surface area contributed by atoms with Crippen molar-refractivity contribution in [2.45, 2.75) is 59.4 Å². The predicted octanol–water partition coefficient (Wildman–Crippen LogP) is 4.11. The highest BCUT2D eigenvalue weighted by Crippen LogP contribution is 2.48. The first-order valence-electron chi connectivity index (χ1n) is 6.92. The topological polar surface area (TPSA) is 34.9 Å². The van der Waals surface area contributed by atoms with Crippen LogP contribution in [0.4, 0.5) is 17.6 Å². The molecule has 0 fully saturated rings. The fraction of sp³-hybridized carbons (Fsp3) is 0.714. The Labute approximate surface area is 121 Å². The number of fused-ring (bicyclic) bond motifs is 1. The zero-order chi connectivity index (χ0) is 16.4. The van der Waals surface area contributed by atoms with Crippen LogP contribution in [0.2, 0.25) is 0 Å². The summed E-state index contributed by atoms with van der Waals surface area (Å²) >= 11 is 0. The molecule has 1 heterocycles. The van der Waals surface area contributed by atoms with Crippen molar-refractivity contribution in [1.29, 1.82) is 0 Å². The molecule has 1 aromatic rings. The molecule has 21 heavy (non-hydrogen) atoms. The third kappa shape index (κ3) is 3.44. The third-order valence-corrected chi connectivity index (χ3v) is 3.11. The smallest absolute Gasteiger partial charge is 0.292 e. The van der Waals surface area contributed by atoms with Gasteiger partial charge in [-0.05, 0) is 13.3 Å². The first kappa shape index (κ1) is 17.7. The molecule has 3 nitrogen and oxygen atoms in total. The lowest BCUT2D eigenvalue weighted by Crippen LogP contribution is -2.24. The Morgan fingerprint density at radius 3 is 2.38 bits per heavy atom. The number of aromatic nitrogens is 2. The predicted molar refractivity (Wildman–Crippen MR) is 70.6 cm³/mol. The van der Waals surface area contributed by atoms with E-state index in [4.69, 9.17) is 0 Å². The van der Waals surface area contributed by atoms with Gasteiger partial charge in [-0.1, -0.05) is 27.2 Å². The number of ketones is 1. The van der Waals surface area contributed by atoms with Gasteiger partial charge in [-0.15, -0.1) is 0 Å².